The molecule has 0 aliphatic rings. The standard InChI is InChI=1S/C14H20ClFN2O/c1-9(2)14(3,8-17)18-13(19)7-10-11(15)5-4-6-12(10)16/h4-6,9H,7-8,17H2,1-3H3,(H,18,19). The van der Waals surface area contributed by atoms with E-state index in [1.807, 2.05) is 20.8 Å². The van der Waals surface area contributed by atoms with Crippen LogP contribution in [0.4, 0.5) is 4.39 Å². The van der Waals surface area contributed by atoms with Crippen LogP contribution in [0.1, 0.15) is 26.3 Å². The zero-order valence-corrected chi connectivity index (χ0v) is 12.2. The first-order valence-corrected chi connectivity index (χ1v) is 6.62. The molecule has 1 amide bonds. The second-order valence-electron chi connectivity index (χ2n) is 5.20. The number of rotatable bonds is 5. The summed E-state index contributed by atoms with van der Waals surface area (Å²) in [4.78, 5) is 12.0. The van der Waals surface area contributed by atoms with E-state index in [2.05, 4.69) is 5.32 Å². The molecule has 0 aliphatic carbocycles. The highest BCUT2D eigenvalue weighted by Gasteiger charge is 2.28. The predicted molar refractivity (Wildman–Crippen MR) is 75.6 cm³/mol. The first kappa shape index (κ1) is 15.9. The molecule has 3 nitrogen and oxygen atoms in total. The van der Waals surface area contributed by atoms with Crippen molar-refractivity contribution in [3.63, 3.8) is 0 Å². The van der Waals surface area contributed by atoms with Crippen LogP contribution in [0.25, 0.3) is 0 Å². The number of halogens is 2. The molecule has 0 fully saturated rings. The smallest absolute Gasteiger partial charge is 0.225 e. The molecule has 0 heterocycles. The van der Waals surface area contributed by atoms with E-state index in [-0.39, 0.29) is 28.8 Å². The minimum Gasteiger partial charge on any atom is -0.349 e. The van der Waals surface area contributed by atoms with Crippen LogP contribution >= 0.6 is 11.6 Å². The van der Waals surface area contributed by atoms with E-state index < -0.39 is 11.4 Å². The summed E-state index contributed by atoms with van der Waals surface area (Å²) in [6.07, 6.45) is -0.0895. The molecule has 1 aromatic carbocycles. The number of hydrogen-bond donors (Lipinski definition) is 2. The molecule has 106 valence electrons. The quantitative estimate of drug-likeness (QED) is 0.874. The Morgan fingerprint density at radius 2 is 2.16 bits per heavy atom. The Kier molecular flexibility index (Phi) is 5.32. The Labute approximate surface area is 118 Å². The molecule has 0 radical (unpaired) electrons. The molecule has 0 bridgehead atoms. The summed E-state index contributed by atoms with van der Waals surface area (Å²) < 4.78 is 13.6. The molecular formula is C14H20ClFN2O. The van der Waals surface area contributed by atoms with Crippen LogP contribution in [0.3, 0.4) is 0 Å². The van der Waals surface area contributed by atoms with Crippen molar-refractivity contribution >= 4 is 17.5 Å². The summed E-state index contributed by atoms with van der Waals surface area (Å²) in [7, 11) is 0. The molecule has 1 unspecified atom stereocenters. The first-order chi connectivity index (χ1) is 8.80. The molecule has 0 aromatic heterocycles. The van der Waals surface area contributed by atoms with Gasteiger partial charge in [-0.3, -0.25) is 4.79 Å². The minimum atomic E-state index is -0.505. The van der Waals surface area contributed by atoms with Gasteiger partial charge >= 0.3 is 0 Å². The van der Waals surface area contributed by atoms with Crippen LogP contribution in [-0.4, -0.2) is 18.0 Å². The largest absolute Gasteiger partial charge is 0.349 e. The van der Waals surface area contributed by atoms with Crippen molar-refractivity contribution in [3.05, 3.63) is 34.6 Å². The Balaban J connectivity index is 2.81. The SMILES string of the molecule is CC(C)C(C)(CN)NC(=O)Cc1c(F)cccc1Cl. The number of hydrogen-bond acceptors (Lipinski definition) is 2. The lowest BCUT2D eigenvalue weighted by Gasteiger charge is -2.33. The van der Waals surface area contributed by atoms with Gasteiger partial charge in [0, 0.05) is 17.1 Å². The van der Waals surface area contributed by atoms with E-state index in [0.717, 1.165) is 0 Å². The fourth-order valence-corrected chi connectivity index (χ4v) is 1.89. The lowest BCUT2D eigenvalue weighted by Crippen LogP contribution is -2.55. The summed E-state index contributed by atoms with van der Waals surface area (Å²) in [5.41, 5.74) is 5.40. The monoisotopic (exact) mass is 286 g/mol. The van der Waals surface area contributed by atoms with Gasteiger partial charge in [-0.25, -0.2) is 4.39 Å². The van der Waals surface area contributed by atoms with Gasteiger partial charge < -0.3 is 11.1 Å². The van der Waals surface area contributed by atoms with Crippen molar-refractivity contribution in [2.75, 3.05) is 6.54 Å². The van der Waals surface area contributed by atoms with E-state index in [1.54, 1.807) is 6.07 Å². The summed E-state index contributed by atoms with van der Waals surface area (Å²) >= 11 is 5.90. The highest BCUT2D eigenvalue weighted by molar-refractivity contribution is 6.31. The second kappa shape index (κ2) is 6.35. The Morgan fingerprint density at radius 1 is 1.53 bits per heavy atom. The van der Waals surface area contributed by atoms with Gasteiger partial charge in [-0.15, -0.1) is 0 Å². The van der Waals surface area contributed by atoms with Gasteiger partial charge in [-0.05, 0) is 25.0 Å². The first-order valence-electron chi connectivity index (χ1n) is 6.24. The topological polar surface area (TPSA) is 55.1 Å². The van der Waals surface area contributed by atoms with Crippen LogP contribution in [0.5, 0.6) is 0 Å². The molecule has 0 aliphatic heterocycles. The second-order valence-corrected chi connectivity index (χ2v) is 5.61. The lowest BCUT2D eigenvalue weighted by atomic mass is 9.88. The van der Waals surface area contributed by atoms with Crippen LogP contribution in [0, 0.1) is 11.7 Å². The van der Waals surface area contributed by atoms with Gasteiger partial charge in [0.2, 0.25) is 5.91 Å². The van der Waals surface area contributed by atoms with Gasteiger partial charge in [-0.1, -0.05) is 31.5 Å². The molecule has 0 saturated carbocycles. The van der Waals surface area contributed by atoms with Crippen molar-refractivity contribution < 1.29 is 9.18 Å². The molecule has 0 spiro atoms. The molecule has 3 N–H and O–H groups in total. The van der Waals surface area contributed by atoms with E-state index in [0.29, 0.717) is 6.54 Å². The van der Waals surface area contributed by atoms with Crippen molar-refractivity contribution in [2.24, 2.45) is 11.7 Å². The molecule has 1 aromatic rings. The summed E-state index contributed by atoms with van der Waals surface area (Å²) in [6, 6.07) is 4.37. The van der Waals surface area contributed by atoms with Gasteiger partial charge in [0.15, 0.2) is 0 Å². The van der Waals surface area contributed by atoms with E-state index >= 15 is 0 Å². The normalized spacial score (nSPS) is 14.3. The molecule has 1 rings (SSSR count). The Morgan fingerprint density at radius 3 is 2.63 bits per heavy atom. The highest BCUT2D eigenvalue weighted by Crippen LogP contribution is 2.20. The number of nitrogens with one attached hydrogen (secondary N) is 1. The van der Waals surface area contributed by atoms with Crippen LogP contribution < -0.4 is 11.1 Å². The van der Waals surface area contributed by atoms with Crippen LogP contribution in [0.15, 0.2) is 18.2 Å². The molecule has 1 atom stereocenters. The Bertz CT molecular complexity index is 445. The maximum Gasteiger partial charge on any atom is 0.225 e. The summed E-state index contributed by atoms with van der Waals surface area (Å²) in [5.74, 6) is -0.576. The number of carbonyl (C=O) groups is 1. The number of nitrogens with two attached hydrogens (primary N) is 1. The average molecular weight is 287 g/mol. The fraction of sp³-hybridized carbons (Fsp3) is 0.500. The zero-order valence-electron chi connectivity index (χ0n) is 11.5. The number of amides is 1. The third-order valence-corrected chi connectivity index (χ3v) is 3.88. The van der Waals surface area contributed by atoms with E-state index in [4.69, 9.17) is 17.3 Å². The summed E-state index contributed by atoms with van der Waals surface area (Å²) in [5, 5.41) is 3.11. The van der Waals surface area contributed by atoms with E-state index in [9.17, 15) is 9.18 Å². The van der Waals surface area contributed by atoms with Gasteiger partial charge in [0.25, 0.3) is 0 Å². The third-order valence-electron chi connectivity index (χ3n) is 3.52. The van der Waals surface area contributed by atoms with Crippen LogP contribution in [0.2, 0.25) is 5.02 Å². The van der Waals surface area contributed by atoms with Crippen LogP contribution in [-0.2, 0) is 11.2 Å². The minimum absolute atomic E-state index is 0.0895. The van der Waals surface area contributed by atoms with E-state index in [1.165, 1.54) is 12.1 Å². The predicted octanol–water partition coefficient (Wildman–Crippen LogP) is 2.51. The van der Waals surface area contributed by atoms with Crippen molar-refractivity contribution in [3.8, 4) is 0 Å². The molecular weight excluding hydrogens is 267 g/mol. The molecule has 0 saturated heterocycles. The maximum absolute atomic E-state index is 13.6. The van der Waals surface area contributed by atoms with Gasteiger partial charge in [0.05, 0.1) is 12.0 Å². The zero-order chi connectivity index (χ0) is 14.6. The fourth-order valence-electron chi connectivity index (χ4n) is 1.66. The maximum atomic E-state index is 13.6. The van der Waals surface area contributed by atoms with Gasteiger partial charge in [-0.2, -0.15) is 0 Å². The summed E-state index contributed by atoms with van der Waals surface area (Å²) in [6.45, 7) is 6.15. The number of benzene rings is 1. The number of carbonyl (C=O) groups excluding carboxylic acids is 1. The molecule has 19 heavy (non-hydrogen) atoms. The third kappa shape index (κ3) is 3.91. The molecule has 5 heteroatoms. The van der Waals surface area contributed by atoms with Gasteiger partial charge in [0.1, 0.15) is 5.82 Å². The highest BCUT2D eigenvalue weighted by atomic mass is 35.5. The average Bonchev–Trinajstić information content (AvgIpc) is 2.33. The lowest BCUT2D eigenvalue weighted by molar-refractivity contribution is -0.122. The Hall–Kier alpha value is -1.13. The van der Waals surface area contributed by atoms with Crippen molar-refractivity contribution in [2.45, 2.75) is 32.7 Å². The van der Waals surface area contributed by atoms with Crippen molar-refractivity contribution in [1.29, 1.82) is 0 Å². The van der Waals surface area contributed by atoms with Crippen molar-refractivity contribution in [1.82, 2.24) is 5.32 Å².